The van der Waals surface area contributed by atoms with Gasteiger partial charge in [-0.05, 0) is 33.1 Å². The van der Waals surface area contributed by atoms with Gasteiger partial charge in [0.25, 0.3) is 0 Å². The van der Waals surface area contributed by atoms with Gasteiger partial charge >= 0.3 is 12.0 Å². The second-order valence-electron chi connectivity index (χ2n) is 5.59. The molecule has 19 heavy (non-hydrogen) atoms. The molecule has 3 unspecified atom stereocenters. The van der Waals surface area contributed by atoms with E-state index in [9.17, 15) is 9.59 Å². The van der Waals surface area contributed by atoms with Gasteiger partial charge in [0.05, 0.1) is 5.92 Å². The number of carbonyl (C=O) groups is 2. The number of hydrogen-bond acceptors (Lipinski definition) is 2. The largest absolute Gasteiger partial charge is 0.481 e. The standard InChI is InChI=1S/C14H26N2O3/c1-4-5-6-10(2)15-14(19)16-8-7-12(13(17)18)9-11(16)3/h10-12H,4-9H2,1-3H3,(H,15,19)(H,17,18). The zero-order chi connectivity index (χ0) is 14.4. The zero-order valence-corrected chi connectivity index (χ0v) is 12.2. The SMILES string of the molecule is CCCCC(C)NC(=O)N1CCC(C(=O)O)CC1C. The van der Waals surface area contributed by atoms with Gasteiger partial charge in [0.15, 0.2) is 0 Å². The van der Waals surface area contributed by atoms with E-state index in [0.29, 0.717) is 19.4 Å². The van der Waals surface area contributed by atoms with Gasteiger partial charge in [0.2, 0.25) is 0 Å². The van der Waals surface area contributed by atoms with Crippen LogP contribution in [0.1, 0.15) is 52.9 Å². The number of amides is 2. The highest BCUT2D eigenvalue weighted by atomic mass is 16.4. The lowest BCUT2D eigenvalue weighted by molar-refractivity contribution is -0.143. The lowest BCUT2D eigenvalue weighted by Crippen LogP contribution is -2.51. The fraction of sp³-hybridized carbons (Fsp3) is 0.857. The summed E-state index contributed by atoms with van der Waals surface area (Å²) in [5.41, 5.74) is 0. The molecule has 0 spiro atoms. The van der Waals surface area contributed by atoms with E-state index in [-0.39, 0.29) is 24.0 Å². The third-order valence-corrected chi connectivity index (χ3v) is 3.85. The first-order chi connectivity index (χ1) is 8.95. The van der Waals surface area contributed by atoms with Crippen LogP contribution in [0.25, 0.3) is 0 Å². The van der Waals surface area contributed by atoms with Crippen molar-refractivity contribution in [1.82, 2.24) is 10.2 Å². The Balaban J connectivity index is 2.43. The number of carboxylic acids is 1. The van der Waals surface area contributed by atoms with Gasteiger partial charge in [0, 0.05) is 18.6 Å². The fourth-order valence-corrected chi connectivity index (χ4v) is 2.57. The average Bonchev–Trinajstić information content (AvgIpc) is 2.35. The van der Waals surface area contributed by atoms with E-state index >= 15 is 0 Å². The summed E-state index contributed by atoms with van der Waals surface area (Å²) in [4.78, 5) is 24.8. The second kappa shape index (κ2) is 7.36. The molecule has 0 saturated carbocycles. The Bertz CT molecular complexity index is 320. The number of likely N-dealkylation sites (tertiary alicyclic amines) is 1. The molecule has 1 aliphatic heterocycles. The molecule has 1 heterocycles. The Morgan fingerprint density at radius 2 is 2.16 bits per heavy atom. The van der Waals surface area contributed by atoms with Gasteiger partial charge in [-0.1, -0.05) is 19.8 Å². The predicted molar refractivity (Wildman–Crippen MR) is 74.0 cm³/mol. The fourth-order valence-electron chi connectivity index (χ4n) is 2.57. The number of aliphatic carboxylic acids is 1. The maximum absolute atomic E-state index is 12.1. The van der Waals surface area contributed by atoms with Crippen molar-refractivity contribution in [2.45, 2.75) is 65.0 Å². The smallest absolute Gasteiger partial charge is 0.317 e. The maximum Gasteiger partial charge on any atom is 0.317 e. The molecule has 1 fully saturated rings. The molecule has 110 valence electrons. The monoisotopic (exact) mass is 270 g/mol. The third kappa shape index (κ3) is 4.73. The lowest BCUT2D eigenvalue weighted by atomic mass is 9.92. The minimum Gasteiger partial charge on any atom is -0.481 e. The van der Waals surface area contributed by atoms with Gasteiger partial charge in [-0.15, -0.1) is 0 Å². The van der Waals surface area contributed by atoms with Gasteiger partial charge in [-0.25, -0.2) is 4.79 Å². The normalized spacial score (nSPS) is 24.9. The first kappa shape index (κ1) is 15.8. The summed E-state index contributed by atoms with van der Waals surface area (Å²) < 4.78 is 0. The maximum atomic E-state index is 12.1. The summed E-state index contributed by atoms with van der Waals surface area (Å²) in [7, 11) is 0. The van der Waals surface area contributed by atoms with Crippen molar-refractivity contribution in [2.24, 2.45) is 5.92 Å². The van der Waals surface area contributed by atoms with Gasteiger partial charge in [0.1, 0.15) is 0 Å². The Labute approximate surface area is 115 Å². The number of nitrogens with one attached hydrogen (secondary N) is 1. The molecule has 1 rings (SSSR count). The molecule has 0 aromatic rings. The quantitative estimate of drug-likeness (QED) is 0.806. The number of unbranched alkanes of at least 4 members (excludes halogenated alkanes) is 1. The van der Waals surface area contributed by atoms with E-state index in [4.69, 9.17) is 5.11 Å². The van der Waals surface area contributed by atoms with Crippen LogP contribution >= 0.6 is 0 Å². The summed E-state index contributed by atoms with van der Waals surface area (Å²) in [6.07, 6.45) is 4.32. The summed E-state index contributed by atoms with van der Waals surface area (Å²) in [6, 6.07) is 0.116. The molecule has 3 atom stereocenters. The molecule has 0 aliphatic carbocycles. The van der Waals surface area contributed by atoms with Crippen molar-refractivity contribution in [3.05, 3.63) is 0 Å². The van der Waals surface area contributed by atoms with E-state index in [1.807, 2.05) is 13.8 Å². The lowest BCUT2D eigenvalue weighted by Gasteiger charge is -2.36. The second-order valence-corrected chi connectivity index (χ2v) is 5.59. The van der Waals surface area contributed by atoms with E-state index in [1.54, 1.807) is 4.90 Å². The molecular weight excluding hydrogens is 244 g/mol. The first-order valence-electron chi connectivity index (χ1n) is 7.25. The van der Waals surface area contributed by atoms with Gasteiger partial charge in [-0.2, -0.15) is 0 Å². The minimum absolute atomic E-state index is 0.00627. The van der Waals surface area contributed by atoms with Crippen LogP contribution in [0.2, 0.25) is 0 Å². The molecule has 0 aromatic heterocycles. The van der Waals surface area contributed by atoms with Crippen LogP contribution in [0, 0.1) is 5.92 Å². The molecule has 1 aliphatic rings. The van der Waals surface area contributed by atoms with Crippen LogP contribution in [-0.2, 0) is 4.79 Å². The zero-order valence-electron chi connectivity index (χ0n) is 12.2. The van der Waals surface area contributed by atoms with Crippen LogP contribution in [-0.4, -0.2) is 40.6 Å². The van der Waals surface area contributed by atoms with Crippen LogP contribution in [0.3, 0.4) is 0 Å². The minimum atomic E-state index is -0.747. The molecule has 2 N–H and O–H groups in total. The molecule has 0 bridgehead atoms. The van der Waals surface area contributed by atoms with Gasteiger partial charge in [-0.3, -0.25) is 4.79 Å². The van der Waals surface area contributed by atoms with Crippen LogP contribution in [0.4, 0.5) is 4.79 Å². The number of carboxylic acid groups (broad SMARTS) is 1. The molecular formula is C14H26N2O3. The summed E-state index contributed by atoms with van der Waals surface area (Å²) in [5, 5.41) is 12.0. The third-order valence-electron chi connectivity index (χ3n) is 3.85. The summed E-state index contributed by atoms with van der Waals surface area (Å²) in [6.45, 7) is 6.60. The van der Waals surface area contributed by atoms with Crippen molar-refractivity contribution in [3.8, 4) is 0 Å². The van der Waals surface area contributed by atoms with E-state index < -0.39 is 5.97 Å². The molecule has 5 heteroatoms. The number of nitrogens with zero attached hydrogens (tertiary/aromatic N) is 1. The summed E-state index contributed by atoms with van der Waals surface area (Å²) >= 11 is 0. The highest BCUT2D eigenvalue weighted by molar-refractivity contribution is 5.76. The van der Waals surface area contributed by atoms with Crippen molar-refractivity contribution < 1.29 is 14.7 Å². The van der Waals surface area contributed by atoms with E-state index in [0.717, 1.165) is 19.3 Å². The van der Waals surface area contributed by atoms with E-state index in [2.05, 4.69) is 12.2 Å². The van der Waals surface area contributed by atoms with Crippen LogP contribution in [0.5, 0.6) is 0 Å². The number of hydrogen-bond donors (Lipinski definition) is 2. The molecule has 0 radical (unpaired) electrons. The van der Waals surface area contributed by atoms with Crippen LogP contribution in [0.15, 0.2) is 0 Å². The molecule has 2 amide bonds. The summed E-state index contributed by atoms with van der Waals surface area (Å²) in [5.74, 6) is -1.06. The van der Waals surface area contributed by atoms with E-state index in [1.165, 1.54) is 0 Å². The van der Waals surface area contributed by atoms with Crippen LogP contribution < -0.4 is 5.32 Å². The Morgan fingerprint density at radius 3 is 2.68 bits per heavy atom. The first-order valence-corrected chi connectivity index (χ1v) is 7.25. The topological polar surface area (TPSA) is 69.6 Å². The Morgan fingerprint density at radius 1 is 1.47 bits per heavy atom. The highest BCUT2D eigenvalue weighted by Crippen LogP contribution is 2.23. The number of urea groups is 1. The highest BCUT2D eigenvalue weighted by Gasteiger charge is 2.32. The number of piperidine rings is 1. The Hall–Kier alpha value is -1.26. The molecule has 0 aromatic carbocycles. The average molecular weight is 270 g/mol. The predicted octanol–water partition coefficient (Wildman–Crippen LogP) is 2.46. The van der Waals surface area contributed by atoms with Crippen molar-refractivity contribution >= 4 is 12.0 Å². The molecule has 5 nitrogen and oxygen atoms in total. The Kier molecular flexibility index (Phi) is 6.12. The van der Waals surface area contributed by atoms with Crippen molar-refractivity contribution in [1.29, 1.82) is 0 Å². The number of carbonyl (C=O) groups excluding carboxylic acids is 1. The van der Waals surface area contributed by atoms with Crippen molar-refractivity contribution in [2.75, 3.05) is 6.54 Å². The van der Waals surface area contributed by atoms with Crippen molar-refractivity contribution in [3.63, 3.8) is 0 Å². The van der Waals surface area contributed by atoms with Gasteiger partial charge < -0.3 is 15.3 Å². The number of rotatable bonds is 5. The molecule has 1 saturated heterocycles.